The summed E-state index contributed by atoms with van der Waals surface area (Å²) in [4.78, 5) is 0.0676. The molecule has 0 bridgehead atoms. The van der Waals surface area contributed by atoms with Gasteiger partial charge in [-0.2, -0.15) is 0 Å². The first kappa shape index (κ1) is 14.1. The van der Waals surface area contributed by atoms with Crippen LogP contribution in [0.5, 0.6) is 0 Å². The van der Waals surface area contributed by atoms with Crippen LogP contribution >= 0.6 is 0 Å². The predicted octanol–water partition coefficient (Wildman–Crippen LogP) is -1.71. The highest BCUT2D eigenvalue weighted by atomic mass is 32.2. The molecule has 0 radical (unpaired) electrons. The van der Waals surface area contributed by atoms with Gasteiger partial charge in [0.25, 0.3) is 0 Å². The minimum absolute atomic E-state index is 0.0676. The molecular weight excluding hydrogens is 245 g/mol. The largest absolute Gasteiger partial charge is 0.488 e. The number of nitrogens with one attached hydrogen (secondary N) is 1. The van der Waals surface area contributed by atoms with Crippen molar-refractivity contribution in [1.29, 1.82) is 0 Å². The van der Waals surface area contributed by atoms with E-state index in [2.05, 4.69) is 4.72 Å². The first-order chi connectivity index (χ1) is 7.97. The molecule has 1 rings (SSSR count). The van der Waals surface area contributed by atoms with E-state index in [4.69, 9.17) is 14.8 Å². The van der Waals surface area contributed by atoms with Gasteiger partial charge in [-0.05, 0) is 17.6 Å². The maximum atomic E-state index is 11.7. The van der Waals surface area contributed by atoms with E-state index in [1.54, 1.807) is 0 Å². The molecule has 0 aliphatic rings. The highest BCUT2D eigenvalue weighted by Gasteiger charge is 2.15. The molecule has 0 saturated carbocycles. The van der Waals surface area contributed by atoms with Gasteiger partial charge in [0.2, 0.25) is 10.0 Å². The lowest BCUT2D eigenvalue weighted by atomic mass is 9.81. The first-order valence-electron chi connectivity index (χ1n) is 4.92. The van der Waals surface area contributed by atoms with Crippen molar-refractivity contribution in [1.82, 2.24) is 4.72 Å². The summed E-state index contributed by atoms with van der Waals surface area (Å²) in [5.74, 6) is 0. The molecule has 8 heteroatoms. The van der Waals surface area contributed by atoms with E-state index in [9.17, 15) is 8.42 Å². The van der Waals surface area contributed by atoms with Crippen molar-refractivity contribution in [3.63, 3.8) is 0 Å². The van der Waals surface area contributed by atoms with Crippen molar-refractivity contribution in [2.24, 2.45) is 0 Å². The van der Waals surface area contributed by atoms with Gasteiger partial charge in [0.1, 0.15) is 0 Å². The molecule has 0 fully saturated rings. The van der Waals surface area contributed by atoms with Gasteiger partial charge >= 0.3 is 7.12 Å². The van der Waals surface area contributed by atoms with Gasteiger partial charge in [-0.25, -0.2) is 13.1 Å². The van der Waals surface area contributed by atoms with Gasteiger partial charge in [-0.3, -0.25) is 0 Å². The number of hydrogen-bond acceptors (Lipinski definition) is 5. The van der Waals surface area contributed by atoms with Crippen LogP contribution in [0.25, 0.3) is 0 Å². The Balaban J connectivity index is 2.78. The van der Waals surface area contributed by atoms with Crippen LogP contribution in [0.15, 0.2) is 29.2 Å². The SMILES string of the molecule is COCCNS(=O)(=O)c1ccc(B(O)O)cc1. The standard InChI is InChI=1S/C9H14BNO5S/c1-16-7-6-11-17(14,15)9-4-2-8(3-5-9)10(12)13/h2-5,11-13H,6-7H2,1H3. The Hall–Kier alpha value is -0.925. The summed E-state index contributed by atoms with van der Waals surface area (Å²) in [6.45, 7) is 0.468. The molecule has 3 N–H and O–H groups in total. The van der Waals surface area contributed by atoms with Gasteiger partial charge in [0.05, 0.1) is 11.5 Å². The maximum Gasteiger partial charge on any atom is 0.488 e. The molecular formula is C9H14BNO5S. The third-order valence-electron chi connectivity index (χ3n) is 2.09. The Labute approximate surface area is 100 Å². The van der Waals surface area contributed by atoms with Crippen molar-refractivity contribution < 1.29 is 23.2 Å². The van der Waals surface area contributed by atoms with Gasteiger partial charge in [-0.1, -0.05) is 12.1 Å². The highest BCUT2D eigenvalue weighted by Crippen LogP contribution is 2.05. The van der Waals surface area contributed by atoms with E-state index in [-0.39, 0.29) is 23.5 Å². The maximum absolute atomic E-state index is 11.7. The van der Waals surface area contributed by atoms with Crippen LogP contribution in [0.4, 0.5) is 0 Å². The normalized spacial score (nSPS) is 11.5. The smallest absolute Gasteiger partial charge is 0.423 e. The van der Waals surface area contributed by atoms with Crippen molar-refractivity contribution in [2.45, 2.75) is 4.90 Å². The minimum atomic E-state index is -3.57. The van der Waals surface area contributed by atoms with Crippen molar-refractivity contribution in [3.05, 3.63) is 24.3 Å². The van der Waals surface area contributed by atoms with Gasteiger partial charge in [-0.15, -0.1) is 0 Å². The number of sulfonamides is 1. The topological polar surface area (TPSA) is 95.9 Å². The number of ether oxygens (including phenoxy) is 1. The highest BCUT2D eigenvalue weighted by molar-refractivity contribution is 7.89. The van der Waals surface area contributed by atoms with E-state index in [1.165, 1.54) is 31.4 Å². The van der Waals surface area contributed by atoms with Crippen LogP contribution in [0.3, 0.4) is 0 Å². The molecule has 0 amide bonds. The van der Waals surface area contributed by atoms with Crippen molar-refractivity contribution in [3.8, 4) is 0 Å². The monoisotopic (exact) mass is 259 g/mol. The molecule has 1 aromatic carbocycles. The Morgan fingerprint density at radius 3 is 2.35 bits per heavy atom. The molecule has 0 unspecified atom stereocenters. The molecule has 0 heterocycles. The summed E-state index contributed by atoms with van der Waals surface area (Å²) >= 11 is 0. The second kappa shape index (κ2) is 6.13. The lowest BCUT2D eigenvalue weighted by Crippen LogP contribution is -2.31. The Bertz CT molecular complexity index is 445. The van der Waals surface area contributed by atoms with Gasteiger partial charge in [0, 0.05) is 13.7 Å². The summed E-state index contributed by atoms with van der Waals surface area (Å²) in [7, 11) is -3.69. The van der Waals surface area contributed by atoms with Crippen LogP contribution < -0.4 is 10.2 Å². The third-order valence-corrected chi connectivity index (χ3v) is 3.56. The average molecular weight is 259 g/mol. The fourth-order valence-corrected chi connectivity index (χ4v) is 2.19. The summed E-state index contributed by atoms with van der Waals surface area (Å²) < 4.78 is 30.5. The van der Waals surface area contributed by atoms with Crippen LogP contribution in [-0.4, -0.2) is 45.8 Å². The summed E-state index contributed by atoms with van der Waals surface area (Å²) in [6.07, 6.45) is 0. The zero-order valence-corrected chi connectivity index (χ0v) is 10.1. The lowest BCUT2D eigenvalue weighted by molar-refractivity contribution is 0.204. The molecule has 0 aliphatic heterocycles. The quantitative estimate of drug-likeness (QED) is 0.417. The molecule has 0 saturated heterocycles. The molecule has 0 spiro atoms. The molecule has 0 aliphatic carbocycles. The van der Waals surface area contributed by atoms with Crippen LogP contribution in [0.2, 0.25) is 0 Å². The number of hydrogen-bond donors (Lipinski definition) is 3. The molecule has 1 aromatic rings. The molecule has 0 aromatic heterocycles. The molecule has 0 atom stereocenters. The Morgan fingerprint density at radius 2 is 1.88 bits per heavy atom. The second-order valence-corrected chi connectivity index (χ2v) is 5.10. The molecule has 6 nitrogen and oxygen atoms in total. The van der Waals surface area contributed by atoms with E-state index in [1.807, 2.05) is 0 Å². The number of benzene rings is 1. The second-order valence-electron chi connectivity index (χ2n) is 3.33. The van der Waals surface area contributed by atoms with Crippen LogP contribution in [-0.2, 0) is 14.8 Å². The van der Waals surface area contributed by atoms with Gasteiger partial charge < -0.3 is 14.8 Å². The average Bonchev–Trinajstić information content (AvgIpc) is 2.29. The molecule has 17 heavy (non-hydrogen) atoms. The lowest BCUT2D eigenvalue weighted by Gasteiger charge is -2.07. The van der Waals surface area contributed by atoms with E-state index in [0.29, 0.717) is 0 Å². The Morgan fingerprint density at radius 1 is 1.29 bits per heavy atom. The predicted molar refractivity (Wildman–Crippen MR) is 63.3 cm³/mol. The van der Waals surface area contributed by atoms with E-state index in [0.717, 1.165) is 0 Å². The summed E-state index contributed by atoms with van der Waals surface area (Å²) in [5, 5.41) is 17.7. The summed E-state index contributed by atoms with van der Waals surface area (Å²) in [6, 6.07) is 5.30. The Kier molecular flexibility index (Phi) is 5.10. The van der Waals surface area contributed by atoms with Gasteiger partial charge in [0.15, 0.2) is 0 Å². The summed E-state index contributed by atoms with van der Waals surface area (Å²) in [5.41, 5.74) is 0.237. The molecule has 94 valence electrons. The van der Waals surface area contributed by atoms with E-state index < -0.39 is 17.1 Å². The number of methoxy groups -OCH3 is 1. The van der Waals surface area contributed by atoms with Crippen LogP contribution in [0.1, 0.15) is 0 Å². The van der Waals surface area contributed by atoms with Crippen molar-refractivity contribution in [2.75, 3.05) is 20.3 Å². The third kappa shape index (κ3) is 4.10. The fraction of sp³-hybridized carbons (Fsp3) is 0.333. The number of rotatable bonds is 6. The minimum Gasteiger partial charge on any atom is -0.423 e. The fourth-order valence-electron chi connectivity index (χ4n) is 1.18. The first-order valence-corrected chi connectivity index (χ1v) is 6.40. The van der Waals surface area contributed by atoms with Crippen molar-refractivity contribution >= 4 is 22.6 Å². The van der Waals surface area contributed by atoms with E-state index >= 15 is 0 Å². The zero-order chi connectivity index (χ0) is 12.9. The zero-order valence-electron chi connectivity index (χ0n) is 9.33. The van der Waals surface area contributed by atoms with Crippen LogP contribution in [0, 0.1) is 0 Å².